The van der Waals surface area contributed by atoms with Crippen molar-refractivity contribution in [2.24, 2.45) is 11.8 Å². The molecule has 0 aromatic heterocycles. The summed E-state index contributed by atoms with van der Waals surface area (Å²) in [6, 6.07) is 0. The molecule has 0 heterocycles. The molecule has 4 heteroatoms. The molecule has 17 heavy (non-hydrogen) atoms. The van der Waals surface area contributed by atoms with E-state index < -0.39 is 0 Å². The summed E-state index contributed by atoms with van der Waals surface area (Å²) in [5, 5.41) is 1.44. The molecule has 0 atom stereocenters. The summed E-state index contributed by atoms with van der Waals surface area (Å²) in [6.45, 7) is 7.82. The van der Waals surface area contributed by atoms with Crippen LogP contribution in [0.5, 0.6) is 0 Å². The van der Waals surface area contributed by atoms with Crippen LogP contribution in [0, 0.1) is 5.92 Å². The lowest BCUT2D eigenvalue weighted by Gasteiger charge is -2.27. The van der Waals surface area contributed by atoms with E-state index in [1.165, 1.54) is 24.3 Å². The van der Waals surface area contributed by atoms with Gasteiger partial charge in [0, 0.05) is 19.0 Å². The molecule has 1 fully saturated rings. The van der Waals surface area contributed by atoms with Crippen molar-refractivity contribution in [1.29, 1.82) is 0 Å². The van der Waals surface area contributed by atoms with Crippen molar-refractivity contribution < 1.29 is 4.79 Å². The Morgan fingerprint density at radius 1 is 1.12 bits per heavy atom. The Morgan fingerprint density at radius 2 is 1.71 bits per heavy atom. The third-order valence-electron chi connectivity index (χ3n) is 3.79. The number of nitrogens with zero attached hydrogens (tertiary/aromatic N) is 2. The van der Waals surface area contributed by atoms with Crippen LogP contribution in [-0.2, 0) is 4.79 Å². The maximum Gasteiger partial charge on any atom is 0.239 e. The number of nitrogens with two attached hydrogens (primary N) is 1. The second kappa shape index (κ2) is 7.67. The van der Waals surface area contributed by atoms with E-state index in [2.05, 4.69) is 18.7 Å². The summed E-state index contributed by atoms with van der Waals surface area (Å²) in [4.78, 5) is 14.4. The van der Waals surface area contributed by atoms with Crippen molar-refractivity contribution in [3.63, 3.8) is 0 Å². The highest BCUT2D eigenvalue weighted by atomic mass is 16.2. The van der Waals surface area contributed by atoms with E-state index in [4.69, 9.17) is 5.84 Å². The molecule has 0 aromatic carbocycles. The number of hydrazine groups is 1. The fourth-order valence-electron chi connectivity index (χ4n) is 2.48. The number of amides is 1. The molecule has 0 saturated heterocycles. The van der Waals surface area contributed by atoms with Gasteiger partial charge in [-0.1, -0.05) is 33.1 Å². The monoisotopic (exact) mass is 241 g/mol. The fraction of sp³-hybridized carbons (Fsp3) is 0.923. The van der Waals surface area contributed by atoms with Crippen molar-refractivity contribution in [3.05, 3.63) is 0 Å². The molecule has 0 bridgehead atoms. The number of hydrogen-bond acceptors (Lipinski definition) is 3. The van der Waals surface area contributed by atoms with Gasteiger partial charge in [-0.25, -0.2) is 5.84 Å². The zero-order chi connectivity index (χ0) is 12.7. The zero-order valence-corrected chi connectivity index (χ0v) is 11.3. The Hall–Kier alpha value is -0.610. The fourth-order valence-corrected chi connectivity index (χ4v) is 2.48. The summed E-state index contributed by atoms with van der Waals surface area (Å²) in [5.74, 6) is 6.20. The number of carbonyl (C=O) groups excluding carboxylic acids is 1. The number of carbonyl (C=O) groups is 1. The molecule has 1 aliphatic rings. The van der Waals surface area contributed by atoms with E-state index in [0.717, 1.165) is 32.5 Å². The molecule has 1 rings (SSSR count). The third kappa shape index (κ3) is 4.64. The average Bonchev–Trinajstić information content (AvgIpc) is 2.39. The standard InChI is InChI=1S/C13H27N3O/c1-3-15(4-2)10-11-16(14)13(17)12-8-6-5-7-9-12/h12H,3-11,14H2,1-2H3. The molecule has 1 saturated carbocycles. The van der Waals surface area contributed by atoms with E-state index in [0.29, 0.717) is 6.54 Å². The summed E-state index contributed by atoms with van der Waals surface area (Å²) < 4.78 is 0. The van der Waals surface area contributed by atoms with Gasteiger partial charge in [-0.15, -0.1) is 0 Å². The minimum absolute atomic E-state index is 0.150. The molecule has 1 amide bonds. The highest BCUT2D eigenvalue weighted by Gasteiger charge is 2.24. The molecule has 1 aliphatic carbocycles. The van der Waals surface area contributed by atoms with Gasteiger partial charge in [-0.3, -0.25) is 9.80 Å². The average molecular weight is 241 g/mol. The highest BCUT2D eigenvalue weighted by molar-refractivity contribution is 5.78. The Labute approximate surface area is 105 Å². The molecule has 0 unspecified atom stereocenters. The maximum atomic E-state index is 12.1. The quantitative estimate of drug-likeness (QED) is 0.437. The van der Waals surface area contributed by atoms with Crippen LogP contribution in [0.3, 0.4) is 0 Å². The van der Waals surface area contributed by atoms with Crippen LogP contribution < -0.4 is 5.84 Å². The first-order chi connectivity index (χ1) is 8.19. The second-order valence-electron chi connectivity index (χ2n) is 4.89. The number of rotatable bonds is 6. The van der Waals surface area contributed by atoms with E-state index in [-0.39, 0.29) is 11.8 Å². The predicted molar refractivity (Wildman–Crippen MR) is 70.3 cm³/mol. The van der Waals surface area contributed by atoms with Gasteiger partial charge >= 0.3 is 0 Å². The van der Waals surface area contributed by atoms with Crippen molar-refractivity contribution in [3.8, 4) is 0 Å². The van der Waals surface area contributed by atoms with Gasteiger partial charge in [0.15, 0.2) is 0 Å². The Morgan fingerprint density at radius 3 is 2.24 bits per heavy atom. The van der Waals surface area contributed by atoms with Crippen molar-refractivity contribution >= 4 is 5.91 Å². The van der Waals surface area contributed by atoms with Gasteiger partial charge in [0.2, 0.25) is 5.91 Å². The smallest absolute Gasteiger partial charge is 0.239 e. The summed E-state index contributed by atoms with van der Waals surface area (Å²) in [7, 11) is 0. The lowest BCUT2D eigenvalue weighted by atomic mass is 9.88. The van der Waals surface area contributed by atoms with Gasteiger partial charge in [0.05, 0.1) is 0 Å². The van der Waals surface area contributed by atoms with Crippen LogP contribution in [0.15, 0.2) is 0 Å². The number of likely N-dealkylation sites (N-methyl/N-ethyl adjacent to an activating group) is 1. The van der Waals surface area contributed by atoms with E-state index in [1.54, 1.807) is 0 Å². The molecular weight excluding hydrogens is 214 g/mol. The molecule has 0 aromatic rings. The van der Waals surface area contributed by atoms with Gasteiger partial charge in [-0.05, 0) is 25.9 Å². The van der Waals surface area contributed by atoms with Crippen LogP contribution >= 0.6 is 0 Å². The van der Waals surface area contributed by atoms with Crippen molar-refractivity contribution in [2.45, 2.75) is 46.0 Å². The highest BCUT2D eigenvalue weighted by Crippen LogP contribution is 2.24. The summed E-state index contributed by atoms with van der Waals surface area (Å²) in [5.41, 5.74) is 0. The maximum absolute atomic E-state index is 12.1. The third-order valence-corrected chi connectivity index (χ3v) is 3.79. The SMILES string of the molecule is CCN(CC)CCN(N)C(=O)C1CCCCC1. The minimum atomic E-state index is 0.150. The first kappa shape index (κ1) is 14.5. The molecule has 0 spiro atoms. The molecule has 100 valence electrons. The Kier molecular flexibility index (Phi) is 6.52. The Balaban J connectivity index is 2.30. The van der Waals surface area contributed by atoms with Gasteiger partial charge in [-0.2, -0.15) is 0 Å². The van der Waals surface area contributed by atoms with Crippen LogP contribution in [0.2, 0.25) is 0 Å². The first-order valence-corrected chi connectivity index (χ1v) is 6.97. The van der Waals surface area contributed by atoms with Crippen molar-refractivity contribution in [1.82, 2.24) is 9.91 Å². The molecule has 4 nitrogen and oxygen atoms in total. The van der Waals surface area contributed by atoms with Gasteiger partial charge < -0.3 is 4.90 Å². The van der Waals surface area contributed by atoms with E-state index in [9.17, 15) is 4.79 Å². The molecule has 2 N–H and O–H groups in total. The van der Waals surface area contributed by atoms with Crippen LogP contribution in [0.1, 0.15) is 46.0 Å². The zero-order valence-electron chi connectivity index (χ0n) is 11.3. The predicted octanol–water partition coefficient (Wildman–Crippen LogP) is 1.61. The largest absolute Gasteiger partial charge is 0.302 e. The molecule has 0 aliphatic heterocycles. The van der Waals surface area contributed by atoms with Gasteiger partial charge in [0.1, 0.15) is 0 Å². The molecule has 0 radical (unpaired) electrons. The summed E-state index contributed by atoms with van der Waals surface area (Å²) >= 11 is 0. The van der Waals surface area contributed by atoms with E-state index in [1.807, 2.05) is 0 Å². The number of hydrogen-bond donors (Lipinski definition) is 1. The van der Waals surface area contributed by atoms with Crippen molar-refractivity contribution in [2.75, 3.05) is 26.2 Å². The van der Waals surface area contributed by atoms with Crippen LogP contribution in [0.25, 0.3) is 0 Å². The lowest BCUT2D eigenvalue weighted by Crippen LogP contribution is -2.46. The molecular formula is C13H27N3O. The lowest BCUT2D eigenvalue weighted by molar-refractivity contribution is -0.137. The minimum Gasteiger partial charge on any atom is -0.302 e. The first-order valence-electron chi connectivity index (χ1n) is 6.97. The van der Waals surface area contributed by atoms with E-state index >= 15 is 0 Å². The summed E-state index contributed by atoms with van der Waals surface area (Å²) in [6.07, 6.45) is 5.68. The second-order valence-corrected chi connectivity index (χ2v) is 4.89. The van der Waals surface area contributed by atoms with Crippen LogP contribution in [0.4, 0.5) is 0 Å². The Bertz CT molecular complexity index is 223. The van der Waals surface area contributed by atoms with Crippen LogP contribution in [-0.4, -0.2) is 42.0 Å². The normalized spacial score (nSPS) is 17.4. The van der Waals surface area contributed by atoms with Gasteiger partial charge in [0.25, 0.3) is 0 Å². The topological polar surface area (TPSA) is 49.6 Å².